The summed E-state index contributed by atoms with van der Waals surface area (Å²) in [5.41, 5.74) is 5.44. The smallest absolute Gasteiger partial charge is 0.404 e. The largest absolute Gasteiger partial charge is 0.448 e. The van der Waals surface area contributed by atoms with Crippen molar-refractivity contribution in [2.24, 2.45) is 5.73 Å². The van der Waals surface area contributed by atoms with E-state index < -0.39 is 6.09 Å². The maximum Gasteiger partial charge on any atom is 0.404 e. The highest BCUT2D eigenvalue weighted by Gasteiger charge is 2.11. The molecule has 6 heteroatoms. The molecular weight excluding hydrogens is 228 g/mol. The molecule has 0 aromatic carbocycles. The topological polar surface area (TPSA) is 81.4 Å². The summed E-state index contributed by atoms with van der Waals surface area (Å²) in [6.07, 6.45) is -0.836. The quantitative estimate of drug-likeness (QED) is 0.778. The predicted octanol–water partition coefficient (Wildman–Crippen LogP) is 1.19. The van der Waals surface area contributed by atoms with Crippen molar-refractivity contribution in [2.45, 2.75) is 13.8 Å². The average molecular weight is 242 g/mol. The van der Waals surface area contributed by atoms with Crippen LogP contribution in [0.5, 0.6) is 0 Å². The van der Waals surface area contributed by atoms with Gasteiger partial charge in [0.2, 0.25) is 0 Å². The van der Waals surface area contributed by atoms with Gasteiger partial charge in [0.05, 0.1) is 12.1 Å². The van der Waals surface area contributed by atoms with Gasteiger partial charge in [-0.15, -0.1) is 11.3 Å². The van der Waals surface area contributed by atoms with Crippen LogP contribution >= 0.6 is 11.3 Å². The van der Waals surface area contributed by atoms with Crippen molar-refractivity contribution in [1.82, 2.24) is 5.32 Å². The van der Waals surface area contributed by atoms with E-state index in [0.717, 1.165) is 9.75 Å². The molecular formula is C10H14N2O3S. The Labute approximate surface area is 97.6 Å². The number of primary amides is 1. The van der Waals surface area contributed by atoms with Gasteiger partial charge in [-0.2, -0.15) is 0 Å². The molecule has 0 aliphatic rings. The number of carbonyl (C=O) groups is 2. The SMILES string of the molecule is Cc1cc(C(=O)NCCOC(N)=O)c(C)s1. The Hall–Kier alpha value is -1.56. The highest BCUT2D eigenvalue weighted by molar-refractivity contribution is 7.12. The van der Waals surface area contributed by atoms with Gasteiger partial charge >= 0.3 is 6.09 Å². The monoisotopic (exact) mass is 242 g/mol. The van der Waals surface area contributed by atoms with Crippen LogP contribution in [0.4, 0.5) is 4.79 Å². The van der Waals surface area contributed by atoms with Crippen molar-refractivity contribution in [3.05, 3.63) is 21.4 Å². The zero-order valence-electron chi connectivity index (χ0n) is 9.20. The first-order valence-corrected chi connectivity index (χ1v) is 5.60. The number of amides is 2. The molecule has 0 radical (unpaired) electrons. The number of hydrogen-bond acceptors (Lipinski definition) is 4. The number of thiophene rings is 1. The molecule has 1 aromatic rings. The molecule has 0 unspecified atom stereocenters. The van der Waals surface area contributed by atoms with Crippen molar-refractivity contribution in [3.63, 3.8) is 0 Å². The Morgan fingerprint density at radius 2 is 2.19 bits per heavy atom. The van der Waals surface area contributed by atoms with Crippen LogP contribution < -0.4 is 11.1 Å². The Morgan fingerprint density at radius 3 is 2.69 bits per heavy atom. The Balaban J connectivity index is 2.41. The Kier molecular flexibility index (Phi) is 4.30. The fraction of sp³-hybridized carbons (Fsp3) is 0.400. The molecule has 0 aliphatic carbocycles. The Bertz CT molecular complexity index is 401. The first-order valence-electron chi connectivity index (χ1n) is 4.78. The van der Waals surface area contributed by atoms with Crippen LogP contribution in [-0.4, -0.2) is 25.2 Å². The van der Waals surface area contributed by atoms with Crippen LogP contribution in [0.25, 0.3) is 0 Å². The van der Waals surface area contributed by atoms with Crippen LogP contribution in [-0.2, 0) is 4.74 Å². The van der Waals surface area contributed by atoms with E-state index in [1.807, 2.05) is 19.9 Å². The highest BCUT2D eigenvalue weighted by atomic mass is 32.1. The van der Waals surface area contributed by atoms with Gasteiger partial charge in [-0.05, 0) is 19.9 Å². The molecule has 0 atom stereocenters. The van der Waals surface area contributed by atoms with Crippen LogP contribution in [0.1, 0.15) is 20.1 Å². The van der Waals surface area contributed by atoms with Crippen LogP contribution in [0.15, 0.2) is 6.07 Å². The van der Waals surface area contributed by atoms with E-state index >= 15 is 0 Å². The molecule has 3 N–H and O–H groups in total. The summed E-state index contributed by atoms with van der Waals surface area (Å²) in [5, 5.41) is 2.64. The van der Waals surface area contributed by atoms with Crippen LogP contribution in [0.2, 0.25) is 0 Å². The van der Waals surface area contributed by atoms with E-state index in [4.69, 9.17) is 5.73 Å². The Morgan fingerprint density at radius 1 is 1.50 bits per heavy atom. The third-order valence-corrected chi connectivity index (χ3v) is 2.88. The molecule has 88 valence electrons. The maximum atomic E-state index is 11.6. The zero-order chi connectivity index (χ0) is 12.1. The maximum absolute atomic E-state index is 11.6. The lowest BCUT2D eigenvalue weighted by molar-refractivity contribution is 0.0936. The molecule has 0 fully saturated rings. The zero-order valence-corrected chi connectivity index (χ0v) is 10.0. The highest BCUT2D eigenvalue weighted by Crippen LogP contribution is 2.20. The van der Waals surface area contributed by atoms with Gasteiger partial charge in [0.15, 0.2) is 0 Å². The lowest BCUT2D eigenvalue weighted by atomic mass is 10.2. The molecule has 1 aromatic heterocycles. The molecule has 0 spiro atoms. The molecule has 5 nitrogen and oxygen atoms in total. The number of nitrogens with two attached hydrogens (primary N) is 1. The summed E-state index contributed by atoms with van der Waals surface area (Å²) in [7, 11) is 0. The lowest BCUT2D eigenvalue weighted by Crippen LogP contribution is -2.29. The average Bonchev–Trinajstić information content (AvgIpc) is 2.52. The van der Waals surface area contributed by atoms with Crippen molar-refractivity contribution < 1.29 is 14.3 Å². The first kappa shape index (κ1) is 12.5. The lowest BCUT2D eigenvalue weighted by Gasteiger charge is -2.04. The number of carbonyl (C=O) groups excluding carboxylic acids is 2. The summed E-state index contributed by atoms with van der Waals surface area (Å²) in [5.74, 6) is -0.157. The third-order valence-electron chi connectivity index (χ3n) is 1.92. The standard InChI is InChI=1S/C10H14N2O3S/c1-6-5-8(7(2)16-6)9(13)12-3-4-15-10(11)14/h5H,3-4H2,1-2H3,(H2,11,14)(H,12,13). The fourth-order valence-electron chi connectivity index (χ4n) is 1.27. The van der Waals surface area contributed by atoms with Gasteiger partial charge in [0.1, 0.15) is 6.61 Å². The molecule has 16 heavy (non-hydrogen) atoms. The van der Waals surface area contributed by atoms with Crippen molar-refractivity contribution in [1.29, 1.82) is 0 Å². The minimum absolute atomic E-state index is 0.0865. The minimum Gasteiger partial charge on any atom is -0.448 e. The van der Waals surface area contributed by atoms with E-state index in [1.54, 1.807) is 11.3 Å². The molecule has 0 bridgehead atoms. The van der Waals surface area contributed by atoms with Gasteiger partial charge in [-0.25, -0.2) is 4.79 Å². The number of rotatable bonds is 4. The van der Waals surface area contributed by atoms with Crippen molar-refractivity contribution in [3.8, 4) is 0 Å². The van der Waals surface area contributed by atoms with E-state index in [-0.39, 0.29) is 19.1 Å². The van der Waals surface area contributed by atoms with Crippen molar-refractivity contribution in [2.75, 3.05) is 13.2 Å². The van der Waals surface area contributed by atoms with Crippen molar-refractivity contribution >= 4 is 23.3 Å². The van der Waals surface area contributed by atoms with E-state index in [1.165, 1.54) is 0 Å². The first-order chi connectivity index (χ1) is 7.50. The van der Waals surface area contributed by atoms with Gasteiger partial charge in [0, 0.05) is 9.75 Å². The summed E-state index contributed by atoms with van der Waals surface area (Å²) < 4.78 is 4.49. The van der Waals surface area contributed by atoms with Gasteiger partial charge in [-0.1, -0.05) is 0 Å². The summed E-state index contributed by atoms with van der Waals surface area (Å²) in [4.78, 5) is 24.0. The second-order valence-electron chi connectivity index (χ2n) is 3.25. The summed E-state index contributed by atoms with van der Waals surface area (Å²) in [6.45, 7) is 4.19. The normalized spacial score (nSPS) is 9.88. The summed E-state index contributed by atoms with van der Waals surface area (Å²) in [6, 6.07) is 1.84. The van der Waals surface area contributed by atoms with E-state index in [2.05, 4.69) is 10.1 Å². The van der Waals surface area contributed by atoms with Gasteiger partial charge in [-0.3, -0.25) is 4.79 Å². The van der Waals surface area contributed by atoms with Crippen LogP contribution in [0, 0.1) is 13.8 Å². The number of aryl methyl sites for hydroxylation is 2. The number of ether oxygens (including phenoxy) is 1. The van der Waals surface area contributed by atoms with E-state index in [0.29, 0.717) is 5.56 Å². The molecule has 1 rings (SSSR count). The molecule has 0 saturated heterocycles. The predicted molar refractivity (Wildman–Crippen MR) is 61.7 cm³/mol. The van der Waals surface area contributed by atoms with Gasteiger partial charge in [0.25, 0.3) is 5.91 Å². The number of hydrogen-bond donors (Lipinski definition) is 2. The van der Waals surface area contributed by atoms with Crippen LogP contribution in [0.3, 0.4) is 0 Å². The minimum atomic E-state index is -0.836. The molecule has 0 aliphatic heterocycles. The fourth-order valence-corrected chi connectivity index (χ4v) is 2.19. The molecule has 1 heterocycles. The number of nitrogens with one attached hydrogen (secondary N) is 1. The third kappa shape index (κ3) is 3.54. The second kappa shape index (κ2) is 5.50. The molecule has 0 saturated carbocycles. The van der Waals surface area contributed by atoms with Gasteiger partial charge < -0.3 is 15.8 Å². The second-order valence-corrected chi connectivity index (χ2v) is 4.71. The van der Waals surface area contributed by atoms with E-state index in [9.17, 15) is 9.59 Å². The molecule has 2 amide bonds. The summed E-state index contributed by atoms with van der Waals surface area (Å²) >= 11 is 1.58.